The van der Waals surface area contributed by atoms with Crippen molar-refractivity contribution in [3.8, 4) is 5.69 Å². The molecule has 0 bridgehead atoms. The maximum atomic E-state index is 13.4. The van der Waals surface area contributed by atoms with Gasteiger partial charge in [0.15, 0.2) is 10.8 Å². The van der Waals surface area contributed by atoms with Crippen molar-refractivity contribution in [2.24, 2.45) is 0 Å². The number of halogens is 2. The summed E-state index contributed by atoms with van der Waals surface area (Å²) in [7, 11) is 0. The van der Waals surface area contributed by atoms with Crippen molar-refractivity contribution < 1.29 is 9.18 Å². The zero-order valence-electron chi connectivity index (χ0n) is 12.9. The summed E-state index contributed by atoms with van der Waals surface area (Å²) in [6.45, 7) is 0. The fourth-order valence-electron chi connectivity index (χ4n) is 2.20. The summed E-state index contributed by atoms with van der Waals surface area (Å²) in [5, 5.41) is 0.643. The largest absolute Gasteiger partial charge is 0.293 e. The SMILES string of the molecule is O=C(CSc1nccn(-c2cccc(F)c2)c1=O)c1cccc(Cl)c1. The highest BCUT2D eigenvalue weighted by Crippen LogP contribution is 2.17. The van der Waals surface area contributed by atoms with E-state index in [9.17, 15) is 14.0 Å². The standard InChI is InChI=1S/C18H12ClFN2O2S/c19-13-4-1-3-12(9-13)16(23)11-25-17-18(24)22(8-7-21-17)15-6-2-5-14(20)10-15/h1-10H,11H2. The van der Waals surface area contributed by atoms with Gasteiger partial charge in [0.1, 0.15) is 5.82 Å². The van der Waals surface area contributed by atoms with Crippen LogP contribution >= 0.6 is 23.4 Å². The number of hydrogen-bond acceptors (Lipinski definition) is 4. The Labute approximate surface area is 152 Å². The first-order valence-electron chi connectivity index (χ1n) is 7.30. The Bertz CT molecular complexity index is 991. The van der Waals surface area contributed by atoms with Gasteiger partial charge in [-0.2, -0.15) is 0 Å². The lowest BCUT2D eigenvalue weighted by atomic mass is 10.1. The number of rotatable bonds is 5. The van der Waals surface area contributed by atoms with Crippen LogP contribution in [-0.4, -0.2) is 21.1 Å². The zero-order chi connectivity index (χ0) is 17.8. The zero-order valence-corrected chi connectivity index (χ0v) is 14.4. The molecule has 3 aromatic rings. The molecular weight excluding hydrogens is 363 g/mol. The number of benzene rings is 2. The molecule has 0 saturated carbocycles. The number of ketones is 1. The summed E-state index contributed by atoms with van der Waals surface area (Å²) in [6, 6.07) is 12.3. The number of hydrogen-bond donors (Lipinski definition) is 0. The van der Waals surface area contributed by atoms with Crippen LogP contribution < -0.4 is 5.56 Å². The minimum Gasteiger partial charge on any atom is -0.293 e. The van der Waals surface area contributed by atoms with Crippen molar-refractivity contribution in [3.05, 3.63) is 87.7 Å². The molecule has 0 aliphatic carbocycles. The van der Waals surface area contributed by atoms with E-state index >= 15 is 0 Å². The van der Waals surface area contributed by atoms with Gasteiger partial charge in [0.2, 0.25) is 0 Å². The van der Waals surface area contributed by atoms with E-state index in [1.54, 1.807) is 30.3 Å². The van der Waals surface area contributed by atoms with Gasteiger partial charge in [-0.25, -0.2) is 9.37 Å². The van der Waals surface area contributed by atoms with E-state index in [4.69, 9.17) is 11.6 Å². The van der Waals surface area contributed by atoms with Gasteiger partial charge in [-0.15, -0.1) is 0 Å². The van der Waals surface area contributed by atoms with E-state index in [0.717, 1.165) is 11.8 Å². The third-order valence-corrected chi connectivity index (χ3v) is 4.58. The summed E-state index contributed by atoms with van der Waals surface area (Å²) >= 11 is 6.92. The second-order valence-corrected chi connectivity index (χ2v) is 6.51. The van der Waals surface area contributed by atoms with Crippen molar-refractivity contribution in [3.63, 3.8) is 0 Å². The van der Waals surface area contributed by atoms with Crippen LogP contribution in [0.2, 0.25) is 5.02 Å². The van der Waals surface area contributed by atoms with Gasteiger partial charge in [0.05, 0.1) is 11.4 Å². The second kappa shape index (κ2) is 7.63. The van der Waals surface area contributed by atoms with Crippen LogP contribution in [0.5, 0.6) is 0 Å². The first-order chi connectivity index (χ1) is 12.0. The van der Waals surface area contributed by atoms with E-state index in [0.29, 0.717) is 16.3 Å². The van der Waals surface area contributed by atoms with Gasteiger partial charge in [0.25, 0.3) is 5.56 Å². The number of nitrogens with zero attached hydrogens (tertiary/aromatic N) is 2. The molecular formula is C18H12ClFN2O2S. The average molecular weight is 375 g/mol. The van der Waals surface area contributed by atoms with Crippen molar-refractivity contribution in [2.75, 3.05) is 5.75 Å². The van der Waals surface area contributed by atoms with Crippen LogP contribution in [0.25, 0.3) is 5.69 Å². The lowest BCUT2D eigenvalue weighted by molar-refractivity contribution is 0.102. The highest BCUT2D eigenvalue weighted by molar-refractivity contribution is 7.99. The molecule has 0 fully saturated rings. The van der Waals surface area contributed by atoms with Crippen LogP contribution in [0, 0.1) is 5.82 Å². The Kier molecular flexibility index (Phi) is 5.31. The number of aromatic nitrogens is 2. The Morgan fingerprint density at radius 2 is 2.00 bits per heavy atom. The molecule has 25 heavy (non-hydrogen) atoms. The Hall–Kier alpha value is -2.44. The van der Waals surface area contributed by atoms with Crippen molar-refractivity contribution >= 4 is 29.1 Å². The minimum absolute atomic E-state index is 0.0513. The fourth-order valence-corrected chi connectivity index (χ4v) is 3.18. The highest BCUT2D eigenvalue weighted by atomic mass is 35.5. The van der Waals surface area contributed by atoms with E-state index in [1.807, 2.05) is 0 Å². The number of Topliss-reactive ketones (excluding diaryl/α,β-unsaturated/α-hetero) is 1. The van der Waals surface area contributed by atoms with Crippen molar-refractivity contribution in [2.45, 2.75) is 5.03 Å². The fraction of sp³-hybridized carbons (Fsp3) is 0.0556. The van der Waals surface area contributed by atoms with Crippen LogP contribution in [0.4, 0.5) is 4.39 Å². The summed E-state index contributed by atoms with van der Waals surface area (Å²) in [5.41, 5.74) is 0.466. The van der Waals surface area contributed by atoms with E-state index < -0.39 is 11.4 Å². The number of thioether (sulfide) groups is 1. The van der Waals surface area contributed by atoms with Crippen LogP contribution in [0.15, 0.2) is 70.7 Å². The van der Waals surface area contributed by atoms with E-state index in [-0.39, 0.29) is 16.6 Å². The lowest BCUT2D eigenvalue weighted by Crippen LogP contribution is -2.21. The van der Waals surface area contributed by atoms with Crippen molar-refractivity contribution in [1.82, 2.24) is 9.55 Å². The van der Waals surface area contributed by atoms with Crippen LogP contribution in [0.3, 0.4) is 0 Å². The third-order valence-electron chi connectivity index (χ3n) is 3.38. The monoisotopic (exact) mass is 374 g/mol. The molecule has 126 valence electrons. The average Bonchev–Trinajstić information content (AvgIpc) is 2.60. The lowest BCUT2D eigenvalue weighted by Gasteiger charge is -2.07. The maximum absolute atomic E-state index is 13.4. The summed E-state index contributed by atoms with van der Waals surface area (Å²) in [4.78, 5) is 28.8. The van der Waals surface area contributed by atoms with Gasteiger partial charge in [-0.3, -0.25) is 14.2 Å². The normalized spacial score (nSPS) is 10.6. The van der Waals surface area contributed by atoms with Gasteiger partial charge in [-0.1, -0.05) is 41.6 Å². The number of carbonyl (C=O) groups excluding carboxylic acids is 1. The Balaban J connectivity index is 1.81. The Morgan fingerprint density at radius 1 is 1.20 bits per heavy atom. The molecule has 0 aliphatic rings. The smallest absolute Gasteiger partial charge is 0.287 e. The molecule has 0 N–H and O–H groups in total. The molecule has 7 heteroatoms. The van der Waals surface area contributed by atoms with Crippen LogP contribution in [0.1, 0.15) is 10.4 Å². The quantitative estimate of drug-likeness (QED) is 0.500. The highest BCUT2D eigenvalue weighted by Gasteiger charge is 2.12. The predicted molar refractivity (Wildman–Crippen MR) is 96.3 cm³/mol. The van der Waals surface area contributed by atoms with Crippen LogP contribution in [-0.2, 0) is 0 Å². The Morgan fingerprint density at radius 3 is 2.76 bits per heavy atom. The minimum atomic E-state index is -0.438. The molecule has 1 aromatic heterocycles. The molecule has 1 heterocycles. The van der Waals surface area contributed by atoms with E-state index in [2.05, 4.69) is 4.98 Å². The summed E-state index contributed by atoms with van der Waals surface area (Å²) < 4.78 is 14.7. The molecule has 0 unspecified atom stereocenters. The molecule has 0 saturated heterocycles. The predicted octanol–water partition coefficient (Wildman–Crippen LogP) is 4.00. The molecule has 0 radical (unpaired) electrons. The summed E-state index contributed by atoms with van der Waals surface area (Å²) in [5.74, 6) is -0.545. The van der Waals surface area contributed by atoms with Crippen molar-refractivity contribution in [1.29, 1.82) is 0 Å². The first-order valence-corrected chi connectivity index (χ1v) is 8.66. The topological polar surface area (TPSA) is 52.0 Å². The number of carbonyl (C=O) groups is 1. The molecule has 2 aromatic carbocycles. The van der Waals surface area contributed by atoms with Gasteiger partial charge in [0, 0.05) is 23.0 Å². The third kappa shape index (κ3) is 4.15. The molecule has 0 amide bonds. The molecule has 4 nitrogen and oxygen atoms in total. The molecule has 3 rings (SSSR count). The summed E-state index contributed by atoms with van der Waals surface area (Å²) in [6.07, 6.45) is 2.90. The molecule has 0 spiro atoms. The van der Waals surface area contributed by atoms with Gasteiger partial charge < -0.3 is 0 Å². The first kappa shape index (κ1) is 17.4. The molecule has 0 atom stereocenters. The van der Waals surface area contributed by atoms with Gasteiger partial charge >= 0.3 is 0 Å². The van der Waals surface area contributed by atoms with E-state index in [1.165, 1.54) is 35.2 Å². The maximum Gasteiger partial charge on any atom is 0.287 e. The van der Waals surface area contributed by atoms with Gasteiger partial charge in [-0.05, 0) is 30.3 Å². The molecule has 0 aliphatic heterocycles. The second-order valence-electron chi connectivity index (χ2n) is 5.11.